The van der Waals surface area contributed by atoms with E-state index in [-0.39, 0.29) is 5.91 Å². The number of carbonyl (C=O) groups excluding carboxylic acids is 1. The third kappa shape index (κ3) is 3.46. The summed E-state index contributed by atoms with van der Waals surface area (Å²) in [5.74, 6) is 1.74. The highest BCUT2D eigenvalue weighted by Gasteiger charge is 2.14. The van der Waals surface area contributed by atoms with Crippen molar-refractivity contribution in [1.82, 2.24) is 15.3 Å². The Labute approximate surface area is 150 Å². The fraction of sp³-hybridized carbons (Fsp3) is 0.263. The van der Waals surface area contributed by atoms with E-state index in [0.717, 1.165) is 47.4 Å². The van der Waals surface area contributed by atoms with Gasteiger partial charge in [0.15, 0.2) is 0 Å². The van der Waals surface area contributed by atoms with Crippen molar-refractivity contribution in [2.45, 2.75) is 19.3 Å². The van der Waals surface area contributed by atoms with Gasteiger partial charge in [-0.25, -0.2) is 4.98 Å². The summed E-state index contributed by atoms with van der Waals surface area (Å²) in [5, 5.41) is 3.65. The van der Waals surface area contributed by atoms with Crippen LogP contribution < -0.4 is 10.1 Å². The number of hydrogen-bond donors (Lipinski definition) is 2. The molecule has 2 heterocycles. The van der Waals surface area contributed by atoms with E-state index in [9.17, 15) is 4.79 Å². The van der Waals surface area contributed by atoms with Crippen LogP contribution in [0.5, 0.6) is 5.75 Å². The van der Waals surface area contributed by atoms with Crippen LogP contribution in [0.2, 0.25) is 5.02 Å². The number of halogens is 1. The van der Waals surface area contributed by atoms with Crippen molar-refractivity contribution < 1.29 is 9.53 Å². The second kappa shape index (κ2) is 6.76. The molecule has 0 radical (unpaired) electrons. The van der Waals surface area contributed by atoms with Crippen molar-refractivity contribution in [1.29, 1.82) is 0 Å². The predicted octanol–water partition coefficient (Wildman–Crippen LogP) is 3.51. The predicted molar refractivity (Wildman–Crippen MR) is 97.4 cm³/mol. The Morgan fingerprint density at radius 2 is 2.20 bits per heavy atom. The van der Waals surface area contributed by atoms with E-state index in [0.29, 0.717) is 23.7 Å². The highest BCUT2D eigenvalue weighted by molar-refractivity contribution is 6.31. The van der Waals surface area contributed by atoms with Crippen molar-refractivity contribution in [2.75, 3.05) is 13.2 Å². The zero-order valence-corrected chi connectivity index (χ0v) is 14.4. The SMILES string of the molecule is O=C(NCCCc1nc2ccc(Cl)cc2[nH]1)c1ccc2c(c1)CCO2. The van der Waals surface area contributed by atoms with Gasteiger partial charge in [0.25, 0.3) is 5.91 Å². The molecule has 6 heteroatoms. The maximum atomic E-state index is 12.2. The summed E-state index contributed by atoms with van der Waals surface area (Å²) in [6.45, 7) is 1.30. The third-order valence-electron chi connectivity index (χ3n) is 4.32. The van der Waals surface area contributed by atoms with Crippen molar-refractivity contribution in [3.8, 4) is 5.75 Å². The second-order valence-corrected chi connectivity index (χ2v) is 6.56. The van der Waals surface area contributed by atoms with E-state index in [1.165, 1.54) is 0 Å². The number of rotatable bonds is 5. The molecule has 0 saturated heterocycles. The lowest BCUT2D eigenvalue weighted by atomic mass is 10.1. The Morgan fingerprint density at radius 1 is 1.28 bits per heavy atom. The number of aromatic amines is 1. The summed E-state index contributed by atoms with van der Waals surface area (Å²) in [7, 11) is 0. The molecule has 5 nitrogen and oxygen atoms in total. The monoisotopic (exact) mass is 355 g/mol. The molecule has 4 rings (SSSR count). The molecule has 0 saturated carbocycles. The quantitative estimate of drug-likeness (QED) is 0.688. The van der Waals surface area contributed by atoms with Gasteiger partial charge in [0, 0.05) is 30.0 Å². The molecule has 3 aromatic rings. The molecule has 2 aromatic carbocycles. The van der Waals surface area contributed by atoms with Crippen LogP contribution in [-0.4, -0.2) is 29.0 Å². The lowest BCUT2D eigenvalue weighted by molar-refractivity contribution is 0.0953. The molecule has 0 unspecified atom stereocenters. The van der Waals surface area contributed by atoms with Gasteiger partial charge < -0.3 is 15.0 Å². The topological polar surface area (TPSA) is 67.0 Å². The van der Waals surface area contributed by atoms with Crippen molar-refractivity contribution in [3.63, 3.8) is 0 Å². The number of fused-ring (bicyclic) bond motifs is 2. The molecule has 0 atom stereocenters. The molecule has 0 fully saturated rings. The van der Waals surface area contributed by atoms with Gasteiger partial charge in [-0.15, -0.1) is 0 Å². The Balaban J connectivity index is 1.30. The molecule has 1 aliphatic heterocycles. The van der Waals surface area contributed by atoms with Gasteiger partial charge in [-0.3, -0.25) is 4.79 Å². The average molecular weight is 356 g/mol. The third-order valence-corrected chi connectivity index (χ3v) is 4.56. The molecule has 1 aromatic heterocycles. The number of carbonyl (C=O) groups is 1. The number of aryl methyl sites for hydroxylation is 1. The lowest BCUT2D eigenvalue weighted by Gasteiger charge is -2.06. The number of nitrogens with zero attached hydrogens (tertiary/aromatic N) is 1. The van der Waals surface area contributed by atoms with Crippen LogP contribution in [-0.2, 0) is 12.8 Å². The Bertz CT molecular complexity index is 936. The van der Waals surface area contributed by atoms with Crippen molar-refractivity contribution in [2.24, 2.45) is 0 Å². The van der Waals surface area contributed by atoms with Crippen LogP contribution >= 0.6 is 11.6 Å². The van der Waals surface area contributed by atoms with Gasteiger partial charge in [0.2, 0.25) is 0 Å². The van der Waals surface area contributed by atoms with E-state index < -0.39 is 0 Å². The minimum absolute atomic E-state index is 0.0499. The van der Waals surface area contributed by atoms with E-state index in [4.69, 9.17) is 16.3 Å². The lowest BCUT2D eigenvalue weighted by Crippen LogP contribution is -2.24. The first-order chi connectivity index (χ1) is 12.2. The minimum atomic E-state index is -0.0499. The Morgan fingerprint density at radius 3 is 3.12 bits per heavy atom. The van der Waals surface area contributed by atoms with Gasteiger partial charge in [0.1, 0.15) is 11.6 Å². The first kappa shape index (κ1) is 16.0. The summed E-state index contributed by atoms with van der Waals surface area (Å²) in [5.41, 5.74) is 3.63. The Kier molecular flexibility index (Phi) is 4.32. The standard InChI is InChI=1S/C19H18ClN3O2/c20-14-4-5-15-16(11-14)23-18(22-15)2-1-8-21-19(24)13-3-6-17-12(10-13)7-9-25-17/h3-6,10-11H,1-2,7-9H2,(H,21,24)(H,22,23). The van der Waals surface area contributed by atoms with Crippen LogP contribution in [0, 0.1) is 0 Å². The number of ether oxygens (including phenoxy) is 1. The van der Waals surface area contributed by atoms with Crippen LogP contribution in [0.1, 0.15) is 28.2 Å². The summed E-state index contributed by atoms with van der Waals surface area (Å²) >= 11 is 5.98. The van der Waals surface area contributed by atoms with E-state index in [1.54, 1.807) is 0 Å². The number of benzene rings is 2. The second-order valence-electron chi connectivity index (χ2n) is 6.13. The Hall–Kier alpha value is -2.53. The fourth-order valence-corrected chi connectivity index (χ4v) is 3.21. The molecular weight excluding hydrogens is 338 g/mol. The highest BCUT2D eigenvalue weighted by Crippen LogP contribution is 2.25. The number of H-pyrrole nitrogens is 1. The average Bonchev–Trinajstić information content (AvgIpc) is 3.23. The van der Waals surface area contributed by atoms with Crippen LogP contribution in [0.25, 0.3) is 11.0 Å². The van der Waals surface area contributed by atoms with Gasteiger partial charge in [-0.1, -0.05) is 11.6 Å². The smallest absolute Gasteiger partial charge is 0.251 e. The molecule has 1 aliphatic rings. The first-order valence-electron chi connectivity index (χ1n) is 8.37. The summed E-state index contributed by atoms with van der Waals surface area (Å²) in [4.78, 5) is 20.0. The molecule has 1 amide bonds. The largest absolute Gasteiger partial charge is 0.493 e. The number of imidazole rings is 1. The molecular formula is C19H18ClN3O2. The zero-order valence-electron chi connectivity index (χ0n) is 13.6. The summed E-state index contributed by atoms with van der Waals surface area (Å²) in [6.07, 6.45) is 2.45. The summed E-state index contributed by atoms with van der Waals surface area (Å²) < 4.78 is 5.46. The maximum Gasteiger partial charge on any atom is 0.251 e. The minimum Gasteiger partial charge on any atom is -0.493 e. The van der Waals surface area contributed by atoms with Crippen LogP contribution in [0.4, 0.5) is 0 Å². The first-order valence-corrected chi connectivity index (χ1v) is 8.75. The molecule has 25 heavy (non-hydrogen) atoms. The highest BCUT2D eigenvalue weighted by atomic mass is 35.5. The van der Waals surface area contributed by atoms with E-state index in [1.807, 2.05) is 36.4 Å². The van der Waals surface area contributed by atoms with Gasteiger partial charge in [-0.2, -0.15) is 0 Å². The van der Waals surface area contributed by atoms with Crippen molar-refractivity contribution >= 4 is 28.5 Å². The molecule has 2 N–H and O–H groups in total. The van der Waals surface area contributed by atoms with Crippen LogP contribution in [0.3, 0.4) is 0 Å². The number of aromatic nitrogens is 2. The van der Waals surface area contributed by atoms with Gasteiger partial charge >= 0.3 is 0 Å². The normalized spacial score (nSPS) is 12.8. The summed E-state index contributed by atoms with van der Waals surface area (Å²) in [6, 6.07) is 11.2. The maximum absolute atomic E-state index is 12.2. The van der Waals surface area contributed by atoms with E-state index >= 15 is 0 Å². The van der Waals surface area contributed by atoms with Gasteiger partial charge in [-0.05, 0) is 48.4 Å². The molecule has 0 spiro atoms. The molecule has 128 valence electrons. The number of hydrogen-bond acceptors (Lipinski definition) is 3. The number of amides is 1. The zero-order chi connectivity index (χ0) is 17.2. The molecule has 0 bridgehead atoms. The molecule has 0 aliphatic carbocycles. The number of nitrogens with one attached hydrogen (secondary N) is 2. The van der Waals surface area contributed by atoms with Gasteiger partial charge in [0.05, 0.1) is 17.6 Å². The van der Waals surface area contributed by atoms with Crippen LogP contribution in [0.15, 0.2) is 36.4 Å². The van der Waals surface area contributed by atoms with E-state index in [2.05, 4.69) is 15.3 Å². The fourth-order valence-electron chi connectivity index (χ4n) is 3.04. The van der Waals surface area contributed by atoms with Crippen molar-refractivity contribution in [3.05, 3.63) is 58.4 Å².